The summed E-state index contributed by atoms with van der Waals surface area (Å²) in [4.78, 5) is 25.0. The molecule has 172 valence electrons. The van der Waals surface area contributed by atoms with E-state index in [1.807, 2.05) is 6.07 Å². The van der Waals surface area contributed by atoms with Gasteiger partial charge in [-0.2, -0.15) is 0 Å². The second-order valence-corrected chi connectivity index (χ2v) is 7.95. The Morgan fingerprint density at radius 1 is 1.06 bits per heavy atom. The quantitative estimate of drug-likeness (QED) is 0.591. The van der Waals surface area contributed by atoms with Crippen LogP contribution in [0.15, 0.2) is 48.5 Å². The number of urea groups is 1. The number of methoxy groups -OCH3 is 1. The van der Waals surface area contributed by atoms with Crippen LogP contribution in [-0.4, -0.2) is 44.0 Å². The molecule has 8 heteroatoms. The van der Waals surface area contributed by atoms with Gasteiger partial charge in [-0.3, -0.25) is 4.90 Å². The summed E-state index contributed by atoms with van der Waals surface area (Å²) in [6.07, 6.45) is 3.68. The van der Waals surface area contributed by atoms with Gasteiger partial charge in [0, 0.05) is 6.54 Å². The summed E-state index contributed by atoms with van der Waals surface area (Å²) in [5, 5.41) is 11.6. The predicted molar refractivity (Wildman–Crippen MR) is 119 cm³/mol. The molecule has 2 aromatic carbocycles. The Morgan fingerprint density at radius 2 is 1.75 bits per heavy atom. The third-order valence-electron chi connectivity index (χ3n) is 5.71. The molecule has 0 saturated heterocycles. The summed E-state index contributed by atoms with van der Waals surface area (Å²) in [6.45, 7) is 0.658. The molecule has 0 aromatic heterocycles. The van der Waals surface area contributed by atoms with Crippen molar-refractivity contribution in [1.82, 2.24) is 5.32 Å². The first-order chi connectivity index (χ1) is 15.5. The number of nitrogens with one attached hydrogen (secondary N) is 1. The molecule has 0 bridgehead atoms. The Labute approximate surface area is 187 Å². The topological polar surface area (TPSA) is 88.1 Å². The maximum Gasteiger partial charge on any atom is 0.329 e. The zero-order valence-electron chi connectivity index (χ0n) is 18.1. The van der Waals surface area contributed by atoms with Gasteiger partial charge in [-0.1, -0.05) is 24.3 Å². The van der Waals surface area contributed by atoms with E-state index in [4.69, 9.17) is 14.6 Å². The Morgan fingerprint density at radius 3 is 2.41 bits per heavy atom. The van der Waals surface area contributed by atoms with Gasteiger partial charge in [-0.25, -0.2) is 14.0 Å². The normalized spacial score (nSPS) is 18.1. The molecule has 1 aliphatic carbocycles. The predicted octanol–water partition coefficient (Wildman–Crippen LogP) is 4.59. The molecule has 0 heterocycles. The molecule has 3 rings (SSSR count). The van der Waals surface area contributed by atoms with Crippen molar-refractivity contribution in [3.8, 4) is 5.75 Å². The van der Waals surface area contributed by atoms with Gasteiger partial charge >= 0.3 is 12.0 Å². The molecule has 1 fully saturated rings. The smallest absolute Gasteiger partial charge is 0.329 e. The lowest BCUT2D eigenvalue weighted by Gasteiger charge is -2.30. The molecule has 0 spiro atoms. The minimum absolute atomic E-state index is 0.0691. The van der Waals surface area contributed by atoms with E-state index in [9.17, 15) is 14.0 Å². The molecule has 0 radical (unpaired) electrons. The van der Waals surface area contributed by atoms with Crippen molar-refractivity contribution < 1.29 is 28.6 Å². The Balaban J connectivity index is 1.62. The monoisotopic (exact) mass is 444 g/mol. The molecule has 1 saturated carbocycles. The number of hydrogen-bond acceptors (Lipinski definition) is 4. The zero-order chi connectivity index (χ0) is 22.9. The van der Waals surface area contributed by atoms with Crippen LogP contribution in [-0.2, 0) is 9.53 Å². The summed E-state index contributed by atoms with van der Waals surface area (Å²) in [5.41, 5.74) is 0.670. The molecule has 32 heavy (non-hydrogen) atoms. The lowest BCUT2D eigenvalue weighted by molar-refractivity contribution is -0.142. The van der Waals surface area contributed by atoms with Crippen molar-refractivity contribution in [2.45, 2.75) is 25.7 Å². The zero-order valence-corrected chi connectivity index (χ0v) is 18.1. The molecule has 2 amide bonds. The maximum absolute atomic E-state index is 15.0. The highest BCUT2D eigenvalue weighted by atomic mass is 19.1. The Hall–Kier alpha value is -3.13. The Kier molecular flexibility index (Phi) is 8.44. The fraction of sp³-hybridized carbons (Fsp3) is 0.417. The van der Waals surface area contributed by atoms with Gasteiger partial charge in [0.15, 0.2) is 11.6 Å². The number of para-hydroxylation sites is 1. The number of anilines is 2. The fourth-order valence-corrected chi connectivity index (χ4v) is 4.00. The molecule has 0 unspecified atom stereocenters. The van der Waals surface area contributed by atoms with E-state index in [0.29, 0.717) is 30.7 Å². The van der Waals surface area contributed by atoms with E-state index in [-0.39, 0.29) is 18.0 Å². The van der Waals surface area contributed by atoms with Gasteiger partial charge in [0.1, 0.15) is 6.61 Å². The molecule has 2 aromatic rings. The van der Waals surface area contributed by atoms with Gasteiger partial charge in [0.05, 0.1) is 25.1 Å². The number of hydrogen-bond donors (Lipinski definition) is 2. The van der Waals surface area contributed by atoms with E-state index in [2.05, 4.69) is 5.32 Å². The van der Waals surface area contributed by atoms with Crippen molar-refractivity contribution in [3.05, 3.63) is 54.3 Å². The maximum atomic E-state index is 15.0. The van der Waals surface area contributed by atoms with E-state index < -0.39 is 17.8 Å². The lowest BCUT2D eigenvalue weighted by Crippen LogP contribution is -2.40. The van der Waals surface area contributed by atoms with Gasteiger partial charge in [-0.05, 0) is 61.8 Å². The highest BCUT2D eigenvalue weighted by Crippen LogP contribution is 2.33. The standard InChI is InChI=1S/C24H29FN2O5/c1-31-21-9-5-8-20(23(21)25)27(19-6-3-2-4-7-19)24(30)26-14-17-10-12-18(13-11-17)15-32-16-22(28)29/h2-9,17-18H,10-16H2,1H3,(H,26,30)(H,28,29)/t17-,18-. The molecular formula is C24H29FN2O5. The second-order valence-electron chi connectivity index (χ2n) is 7.95. The minimum atomic E-state index is -0.961. The lowest BCUT2D eigenvalue weighted by atomic mass is 9.82. The summed E-state index contributed by atoms with van der Waals surface area (Å²) < 4.78 is 25.3. The third kappa shape index (κ3) is 6.20. The molecule has 1 aliphatic rings. The number of ether oxygens (including phenoxy) is 2. The highest BCUT2D eigenvalue weighted by molar-refractivity contribution is 5.99. The highest BCUT2D eigenvalue weighted by Gasteiger charge is 2.26. The van der Waals surface area contributed by atoms with E-state index >= 15 is 0 Å². The van der Waals surface area contributed by atoms with E-state index in [0.717, 1.165) is 25.7 Å². The number of carbonyl (C=O) groups is 2. The third-order valence-corrected chi connectivity index (χ3v) is 5.71. The van der Waals surface area contributed by atoms with Crippen LogP contribution in [0.1, 0.15) is 25.7 Å². The van der Waals surface area contributed by atoms with Crippen molar-refractivity contribution >= 4 is 23.4 Å². The number of benzene rings is 2. The summed E-state index contributed by atoms with van der Waals surface area (Å²) in [6, 6.07) is 13.2. The molecule has 7 nitrogen and oxygen atoms in total. The molecule has 2 N–H and O–H groups in total. The molecular weight excluding hydrogens is 415 g/mol. The van der Waals surface area contributed by atoms with Crippen LogP contribution in [0.5, 0.6) is 5.75 Å². The van der Waals surface area contributed by atoms with Crippen molar-refractivity contribution in [2.24, 2.45) is 11.8 Å². The molecule has 0 atom stereocenters. The van der Waals surface area contributed by atoms with E-state index in [1.165, 1.54) is 18.1 Å². The average Bonchev–Trinajstić information content (AvgIpc) is 2.80. The number of nitrogens with zero attached hydrogens (tertiary/aromatic N) is 1. The van der Waals surface area contributed by atoms with Gasteiger partial charge in [0.2, 0.25) is 0 Å². The number of carboxylic acids is 1. The number of aliphatic carboxylic acids is 1. The van der Waals surface area contributed by atoms with Gasteiger partial charge in [0.25, 0.3) is 0 Å². The van der Waals surface area contributed by atoms with Crippen LogP contribution in [0, 0.1) is 17.7 Å². The number of amides is 2. The Bertz CT molecular complexity index is 901. The number of carboxylic acid groups (broad SMARTS) is 1. The van der Waals surface area contributed by atoms with Crippen molar-refractivity contribution in [3.63, 3.8) is 0 Å². The molecule has 0 aliphatic heterocycles. The SMILES string of the molecule is COc1cccc(N(C(=O)NC[C@H]2CC[C@H](COCC(=O)O)CC2)c2ccccc2)c1F. The first-order valence-corrected chi connectivity index (χ1v) is 10.7. The van der Waals surface area contributed by atoms with Gasteiger partial charge < -0.3 is 19.9 Å². The van der Waals surface area contributed by atoms with Crippen LogP contribution in [0.4, 0.5) is 20.6 Å². The first kappa shape index (κ1) is 23.5. The number of rotatable bonds is 9. The fourth-order valence-electron chi connectivity index (χ4n) is 4.00. The van der Waals surface area contributed by atoms with Crippen LogP contribution < -0.4 is 15.0 Å². The van der Waals surface area contributed by atoms with Gasteiger partial charge in [-0.15, -0.1) is 0 Å². The van der Waals surface area contributed by atoms with E-state index in [1.54, 1.807) is 36.4 Å². The first-order valence-electron chi connectivity index (χ1n) is 10.7. The van der Waals surface area contributed by atoms with Crippen LogP contribution in [0.25, 0.3) is 0 Å². The average molecular weight is 445 g/mol. The number of carbonyl (C=O) groups excluding carboxylic acids is 1. The summed E-state index contributed by atoms with van der Waals surface area (Å²) >= 11 is 0. The van der Waals surface area contributed by atoms with Crippen molar-refractivity contribution in [1.29, 1.82) is 0 Å². The number of halogens is 1. The van der Waals surface area contributed by atoms with Crippen LogP contribution >= 0.6 is 0 Å². The minimum Gasteiger partial charge on any atom is -0.494 e. The van der Waals surface area contributed by atoms with Crippen molar-refractivity contribution in [2.75, 3.05) is 31.8 Å². The largest absolute Gasteiger partial charge is 0.494 e. The van der Waals surface area contributed by atoms with Crippen LogP contribution in [0.2, 0.25) is 0 Å². The summed E-state index contributed by atoms with van der Waals surface area (Å²) in [5.74, 6) is -0.845. The second kappa shape index (κ2) is 11.5. The summed E-state index contributed by atoms with van der Waals surface area (Å²) in [7, 11) is 1.39. The van der Waals surface area contributed by atoms with Crippen LogP contribution in [0.3, 0.4) is 0 Å².